The van der Waals surface area contributed by atoms with Crippen LogP contribution in [-0.2, 0) is 15.8 Å². The van der Waals surface area contributed by atoms with Crippen molar-refractivity contribution in [3.8, 4) is 0 Å². The smallest absolute Gasteiger partial charge is 0.326 e. The van der Waals surface area contributed by atoms with Gasteiger partial charge >= 0.3 is 12.2 Å². The number of halogens is 3. The topological polar surface area (TPSA) is 81.8 Å². The van der Waals surface area contributed by atoms with Crippen LogP contribution in [0.2, 0.25) is 0 Å². The summed E-state index contributed by atoms with van der Waals surface area (Å²) in [6, 6.07) is 9.82. The van der Waals surface area contributed by atoms with Crippen molar-refractivity contribution < 1.29 is 27.6 Å². The molecule has 4 amide bonds. The third kappa shape index (κ3) is 5.10. The van der Waals surface area contributed by atoms with Crippen LogP contribution in [0.15, 0.2) is 48.5 Å². The molecule has 7 nitrogen and oxygen atoms in total. The summed E-state index contributed by atoms with van der Waals surface area (Å²) in [6.07, 6.45) is -1.97. The van der Waals surface area contributed by atoms with Gasteiger partial charge in [0.15, 0.2) is 0 Å². The lowest BCUT2D eigenvalue weighted by Gasteiger charge is -2.33. The molecular formula is C23H23F3N4O3. The lowest BCUT2D eigenvalue weighted by atomic mass is 10.0. The van der Waals surface area contributed by atoms with Gasteiger partial charge in [-0.2, -0.15) is 13.2 Å². The average molecular weight is 460 g/mol. The number of piperidine rings is 1. The summed E-state index contributed by atoms with van der Waals surface area (Å²) in [5.74, 6) is -0.186. The van der Waals surface area contributed by atoms with E-state index in [0.717, 1.165) is 36.4 Å². The first-order chi connectivity index (χ1) is 15.7. The van der Waals surface area contributed by atoms with E-state index >= 15 is 0 Å². The molecule has 0 unspecified atom stereocenters. The zero-order valence-electron chi connectivity index (χ0n) is 17.7. The Balaban J connectivity index is 1.37. The van der Waals surface area contributed by atoms with Gasteiger partial charge in [-0.3, -0.25) is 9.59 Å². The van der Waals surface area contributed by atoms with Crippen LogP contribution in [0.25, 0.3) is 0 Å². The van der Waals surface area contributed by atoms with Crippen LogP contribution in [0.5, 0.6) is 0 Å². The fourth-order valence-corrected chi connectivity index (χ4v) is 4.07. The van der Waals surface area contributed by atoms with Crippen molar-refractivity contribution in [2.75, 3.05) is 28.2 Å². The third-order valence-electron chi connectivity index (χ3n) is 5.76. The molecule has 174 valence electrons. The maximum absolute atomic E-state index is 13.0. The van der Waals surface area contributed by atoms with Gasteiger partial charge in [-0.05, 0) is 67.8 Å². The maximum atomic E-state index is 13.0. The molecule has 33 heavy (non-hydrogen) atoms. The molecule has 2 fully saturated rings. The molecule has 2 N–H and O–H groups in total. The molecule has 2 heterocycles. The zero-order valence-corrected chi connectivity index (χ0v) is 17.7. The highest BCUT2D eigenvalue weighted by Gasteiger charge is 2.32. The van der Waals surface area contributed by atoms with E-state index in [1.807, 2.05) is 0 Å². The number of rotatable bonds is 4. The first kappa shape index (κ1) is 22.6. The summed E-state index contributed by atoms with van der Waals surface area (Å²) in [7, 11) is 0. The third-order valence-corrected chi connectivity index (χ3v) is 5.76. The minimum atomic E-state index is -4.46. The largest absolute Gasteiger partial charge is 0.416 e. The van der Waals surface area contributed by atoms with E-state index in [1.165, 1.54) is 0 Å². The molecule has 1 atom stereocenters. The van der Waals surface area contributed by atoms with E-state index in [4.69, 9.17) is 0 Å². The molecule has 2 aromatic rings. The second-order valence-electron chi connectivity index (χ2n) is 8.02. The molecule has 4 rings (SSSR count). The lowest BCUT2D eigenvalue weighted by molar-refractivity contribution is -0.137. The minimum absolute atomic E-state index is 0.0834. The second-order valence-corrected chi connectivity index (χ2v) is 8.02. The second kappa shape index (κ2) is 9.13. The molecular weight excluding hydrogens is 437 g/mol. The van der Waals surface area contributed by atoms with Gasteiger partial charge in [0, 0.05) is 36.6 Å². The molecule has 2 aliphatic rings. The Hall–Kier alpha value is -3.56. The number of nitrogens with zero attached hydrogens (tertiary/aromatic N) is 2. The summed E-state index contributed by atoms with van der Waals surface area (Å²) in [5.41, 5.74) is 0.834. The summed E-state index contributed by atoms with van der Waals surface area (Å²) in [5, 5.41) is 5.07. The molecule has 2 aromatic carbocycles. The van der Waals surface area contributed by atoms with Crippen molar-refractivity contribution in [2.24, 2.45) is 0 Å². The van der Waals surface area contributed by atoms with E-state index in [0.29, 0.717) is 38.0 Å². The van der Waals surface area contributed by atoms with Gasteiger partial charge in [-0.15, -0.1) is 0 Å². The van der Waals surface area contributed by atoms with Gasteiger partial charge in [0.1, 0.15) is 6.04 Å². The predicted molar refractivity (Wildman–Crippen MR) is 117 cm³/mol. The number of hydrogen-bond acceptors (Lipinski definition) is 3. The molecule has 0 radical (unpaired) electrons. The first-order valence-electron chi connectivity index (χ1n) is 10.7. The Labute approximate surface area is 188 Å². The number of amides is 4. The van der Waals surface area contributed by atoms with E-state index < -0.39 is 23.8 Å². The quantitative estimate of drug-likeness (QED) is 0.719. The van der Waals surface area contributed by atoms with Gasteiger partial charge in [0.2, 0.25) is 11.8 Å². The van der Waals surface area contributed by atoms with Crippen molar-refractivity contribution in [3.63, 3.8) is 0 Å². The molecule has 0 saturated carbocycles. The van der Waals surface area contributed by atoms with Crippen LogP contribution < -0.4 is 20.4 Å². The van der Waals surface area contributed by atoms with Crippen molar-refractivity contribution >= 4 is 34.9 Å². The molecule has 0 bridgehead atoms. The van der Waals surface area contributed by atoms with Crippen molar-refractivity contribution in [3.05, 3.63) is 54.1 Å². The van der Waals surface area contributed by atoms with E-state index in [9.17, 15) is 27.6 Å². The Kier molecular flexibility index (Phi) is 6.26. The van der Waals surface area contributed by atoms with Crippen LogP contribution in [-0.4, -0.2) is 37.0 Å². The SMILES string of the molecule is O=C(Nc1ccc(C(F)(F)F)cc1)N[C@@H]1CCCN(c2ccc(N3CCCC3=O)cc2)C1=O. The monoisotopic (exact) mass is 460 g/mol. The molecule has 0 aromatic heterocycles. The number of hydrogen-bond donors (Lipinski definition) is 2. The van der Waals surface area contributed by atoms with Crippen LogP contribution in [0.1, 0.15) is 31.2 Å². The average Bonchev–Trinajstić information content (AvgIpc) is 3.21. The summed E-state index contributed by atoms with van der Waals surface area (Å²) < 4.78 is 38.0. The van der Waals surface area contributed by atoms with Crippen molar-refractivity contribution in [2.45, 2.75) is 37.9 Å². The number of nitrogens with one attached hydrogen (secondary N) is 2. The number of benzene rings is 2. The van der Waals surface area contributed by atoms with Gasteiger partial charge in [0.25, 0.3) is 0 Å². The van der Waals surface area contributed by atoms with E-state index in [2.05, 4.69) is 10.6 Å². The highest BCUT2D eigenvalue weighted by molar-refractivity contribution is 6.02. The fraction of sp³-hybridized carbons (Fsp3) is 0.348. The molecule has 2 saturated heterocycles. The Bertz CT molecular complexity index is 1040. The van der Waals surface area contributed by atoms with E-state index in [1.54, 1.807) is 34.1 Å². The first-order valence-corrected chi connectivity index (χ1v) is 10.7. The Morgan fingerprint density at radius 3 is 2.06 bits per heavy atom. The molecule has 2 aliphatic heterocycles. The number of urea groups is 1. The summed E-state index contributed by atoms with van der Waals surface area (Å²) >= 11 is 0. The van der Waals surface area contributed by atoms with Gasteiger partial charge in [-0.1, -0.05) is 0 Å². The maximum Gasteiger partial charge on any atom is 0.416 e. The highest BCUT2D eigenvalue weighted by atomic mass is 19.4. The van der Waals surface area contributed by atoms with Crippen molar-refractivity contribution in [1.82, 2.24) is 5.32 Å². The molecule has 10 heteroatoms. The molecule has 0 aliphatic carbocycles. The summed E-state index contributed by atoms with van der Waals surface area (Å²) in [6.45, 7) is 1.18. The van der Waals surface area contributed by atoms with Crippen molar-refractivity contribution in [1.29, 1.82) is 0 Å². The number of anilines is 3. The van der Waals surface area contributed by atoms with Gasteiger partial charge in [-0.25, -0.2) is 4.79 Å². The van der Waals surface area contributed by atoms with Gasteiger partial charge in [0.05, 0.1) is 5.56 Å². The van der Waals surface area contributed by atoms with Crippen LogP contribution >= 0.6 is 0 Å². The molecule has 0 spiro atoms. The minimum Gasteiger partial charge on any atom is -0.326 e. The zero-order chi connectivity index (χ0) is 23.6. The Morgan fingerprint density at radius 2 is 1.48 bits per heavy atom. The van der Waals surface area contributed by atoms with Crippen LogP contribution in [0, 0.1) is 0 Å². The highest BCUT2D eigenvalue weighted by Crippen LogP contribution is 2.30. The normalized spacial score (nSPS) is 19.1. The van der Waals surface area contributed by atoms with Crippen LogP contribution in [0.4, 0.5) is 35.0 Å². The standard InChI is InChI=1S/C23H23F3N4O3/c24-23(25,26)15-5-7-16(8-6-15)27-22(33)28-19-3-1-14-30(21(19)32)18-11-9-17(10-12-18)29-13-2-4-20(29)31/h5-12,19H,1-4,13-14H2,(H2,27,28,33)/t19-/m1/s1. The lowest BCUT2D eigenvalue weighted by Crippen LogP contribution is -2.53. The number of alkyl halides is 3. The number of carbonyl (C=O) groups is 3. The predicted octanol–water partition coefficient (Wildman–Crippen LogP) is 4.15. The summed E-state index contributed by atoms with van der Waals surface area (Å²) in [4.78, 5) is 40.5. The van der Waals surface area contributed by atoms with Gasteiger partial charge < -0.3 is 20.4 Å². The fourth-order valence-electron chi connectivity index (χ4n) is 4.07. The number of carbonyl (C=O) groups excluding carboxylic acids is 3. The Morgan fingerprint density at radius 1 is 0.879 bits per heavy atom. The van der Waals surface area contributed by atoms with Crippen LogP contribution in [0.3, 0.4) is 0 Å². The van der Waals surface area contributed by atoms with E-state index in [-0.39, 0.29) is 17.5 Å².